The minimum atomic E-state index is -0.348. The molecule has 0 saturated carbocycles. The number of ether oxygens (including phenoxy) is 2. The molecule has 0 radical (unpaired) electrons. The first kappa shape index (κ1) is 13.4. The van der Waals surface area contributed by atoms with Crippen molar-refractivity contribution in [3.05, 3.63) is 60.4 Å². The Labute approximate surface area is 122 Å². The normalized spacial score (nSPS) is 10.6. The molecular weight excluding hydrogens is 269 g/mol. The van der Waals surface area contributed by atoms with Crippen molar-refractivity contribution in [3.63, 3.8) is 0 Å². The van der Waals surface area contributed by atoms with Gasteiger partial charge in [-0.25, -0.2) is 9.37 Å². The minimum Gasteiger partial charge on any atom is -0.475 e. The van der Waals surface area contributed by atoms with Crippen LogP contribution in [0.3, 0.4) is 0 Å². The summed E-state index contributed by atoms with van der Waals surface area (Å²) >= 11 is 0. The lowest BCUT2D eigenvalue weighted by molar-refractivity contribution is 0.309. The van der Waals surface area contributed by atoms with E-state index in [1.165, 1.54) is 12.1 Å². The van der Waals surface area contributed by atoms with E-state index in [0.717, 1.165) is 10.9 Å². The first-order valence-corrected chi connectivity index (χ1v) is 6.72. The second-order valence-corrected chi connectivity index (χ2v) is 4.48. The fraction of sp³-hybridized carbons (Fsp3) is 0.118. The van der Waals surface area contributed by atoms with Gasteiger partial charge in [0.15, 0.2) is 5.75 Å². The Balaban J connectivity index is 2.04. The summed E-state index contributed by atoms with van der Waals surface area (Å²) in [6.07, 6.45) is 0. The molecule has 0 bridgehead atoms. The molecule has 0 aliphatic heterocycles. The van der Waals surface area contributed by atoms with E-state index in [9.17, 15) is 4.39 Å². The van der Waals surface area contributed by atoms with Gasteiger partial charge in [0.1, 0.15) is 11.6 Å². The number of aromatic nitrogens is 1. The molecule has 0 aliphatic carbocycles. The number of hydrogen-bond donors (Lipinski definition) is 0. The molecule has 3 nitrogen and oxygen atoms in total. The molecule has 1 heterocycles. The standard InChI is InChI=1S/C17H14FNO2/c1-2-20-17-16(21-14-8-5-7-13(18)11-14)10-12-6-3-4-9-15(12)19-17/h3-11H,2H2,1H3. The van der Waals surface area contributed by atoms with Crippen molar-refractivity contribution in [2.75, 3.05) is 6.61 Å². The van der Waals surface area contributed by atoms with Crippen molar-refractivity contribution >= 4 is 10.9 Å². The number of halogens is 1. The van der Waals surface area contributed by atoms with Gasteiger partial charge >= 0.3 is 0 Å². The lowest BCUT2D eigenvalue weighted by Crippen LogP contribution is -1.98. The van der Waals surface area contributed by atoms with E-state index in [1.54, 1.807) is 12.1 Å². The molecule has 0 saturated heterocycles. The Morgan fingerprint density at radius 3 is 2.71 bits per heavy atom. The van der Waals surface area contributed by atoms with Crippen LogP contribution in [-0.2, 0) is 0 Å². The molecule has 21 heavy (non-hydrogen) atoms. The maximum absolute atomic E-state index is 13.2. The Kier molecular flexibility index (Phi) is 3.69. The lowest BCUT2D eigenvalue weighted by atomic mass is 10.2. The van der Waals surface area contributed by atoms with Crippen LogP contribution in [0.4, 0.5) is 4.39 Å². The molecule has 0 aliphatic rings. The summed E-state index contributed by atoms with van der Waals surface area (Å²) in [4.78, 5) is 4.44. The second-order valence-electron chi connectivity index (χ2n) is 4.48. The zero-order valence-electron chi connectivity index (χ0n) is 11.5. The molecular formula is C17H14FNO2. The smallest absolute Gasteiger partial charge is 0.258 e. The van der Waals surface area contributed by atoms with Gasteiger partial charge in [0.25, 0.3) is 5.88 Å². The van der Waals surface area contributed by atoms with E-state index < -0.39 is 0 Å². The third kappa shape index (κ3) is 2.94. The van der Waals surface area contributed by atoms with E-state index in [1.807, 2.05) is 37.3 Å². The molecule has 3 aromatic rings. The number of para-hydroxylation sites is 1. The van der Waals surface area contributed by atoms with E-state index in [-0.39, 0.29) is 5.82 Å². The Bertz CT molecular complexity index is 774. The largest absolute Gasteiger partial charge is 0.475 e. The summed E-state index contributed by atoms with van der Waals surface area (Å²) in [6, 6.07) is 15.5. The van der Waals surface area contributed by atoms with Crippen LogP contribution in [0.25, 0.3) is 10.9 Å². The van der Waals surface area contributed by atoms with Gasteiger partial charge in [0, 0.05) is 11.5 Å². The number of nitrogens with zero attached hydrogens (tertiary/aromatic N) is 1. The summed E-state index contributed by atoms with van der Waals surface area (Å²) in [5, 5.41) is 0.937. The number of rotatable bonds is 4. The first-order valence-electron chi connectivity index (χ1n) is 6.72. The predicted octanol–water partition coefficient (Wildman–Crippen LogP) is 4.56. The van der Waals surface area contributed by atoms with Crippen LogP contribution in [0.2, 0.25) is 0 Å². The zero-order chi connectivity index (χ0) is 14.7. The third-order valence-electron chi connectivity index (χ3n) is 2.96. The van der Waals surface area contributed by atoms with Gasteiger partial charge in [-0.1, -0.05) is 24.3 Å². The average Bonchev–Trinajstić information content (AvgIpc) is 2.48. The molecule has 2 aromatic carbocycles. The van der Waals surface area contributed by atoms with Gasteiger partial charge in [0.2, 0.25) is 0 Å². The fourth-order valence-corrected chi connectivity index (χ4v) is 2.05. The van der Waals surface area contributed by atoms with Crippen molar-refractivity contribution in [1.82, 2.24) is 4.98 Å². The maximum atomic E-state index is 13.2. The van der Waals surface area contributed by atoms with Gasteiger partial charge in [0.05, 0.1) is 12.1 Å². The topological polar surface area (TPSA) is 31.4 Å². The van der Waals surface area contributed by atoms with Crippen LogP contribution in [0.15, 0.2) is 54.6 Å². The van der Waals surface area contributed by atoms with E-state index in [2.05, 4.69) is 4.98 Å². The van der Waals surface area contributed by atoms with Gasteiger partial charge < -0.3 is 9.47 Å². The van der Waals surface area contributed by atoms with Crippen molar-refractivity contribution in [1.29, 1.82) is 0 Å². The van der Waals surface area contributed by atoms with Gasteiger partial charge in [-0.15, -0.1) is 0 Å². The zero-order valence-corrected chi connectivity index (χ0v) is 11.5. The van der Waals surface area contributed by atoms with E-state index >= 15 is 0 Å². The van der Waals surface area contributed by atoms with Crippen molar-refractivity contribution in [2.24, 2.45) is 0 Å². The second kappa shape index (κ2) is 5.79. The molecule has 0 N–H and O–H groups in total. The quantitative estimate of drug-likeness (QED) is 0.703. The minimum absolute atomic E-state index is 0.348. The highest BCUT2D eigenvalue weighted by Crippen LogP contribution is 2.33. The Morgan fingerprint density at radius 2 is 1.90 bits per heavy atom. The van der Waals surface area contributed by atoms with Gasteiger partial charge in [-0.3, -0.25) is 0 Å². The number of benzene rings is 2. The third-order valence-corrected chi connectivity index (χ3v) is 2.96. The highest BCUT2D eigenvalue weighted by Gasteiger charge is 2.10. The molecule has 3 rings (SSSR count). The van der Waals surface area contributed by atoms with Crippen LogP contribution in [0.1, 0.15) is 6.92 Å². The van der Waals surface area contributed by atoms with E-state index in [4.69, 9.17) is 9.47 Å². The molecule has 0 unspecified atom stereocenters. The van der Waals surface area contributed by atoms with Crippen LogP contribution in [0.5, 0.6) is 17.4 Å². The number of pyridine rings is 1. The highest BCUT2D eigenvalue weighted by molar-refractivity contribution is 5.81. The summed E-state index contributed by atoms with van der Waals surface area (Å²) in [5.41, 5.74) is 0.826. The summed E-state index contributed by atoms with van der Waals surface area (Å²) in [7, 11) is 0. The summed E-state index contributed by atoms with van der Waals surface area (Å²) < 4.78 is 24.5. The maximum Gasteiger partial charge on any atom is 0.258 e. The summed E-state index contributed by atoms with van der Waals surface area (Å²) in [5.74, 6) is 0.939. The number of fused-ring (bicyclic) bond motifs is 1. The van der Waals surface area contributed by atoms with Crippen molar-refractivity contribution in [3.8, 4) is 17.4 Å². The van der Waals surface area contributed by atoms with E-state index in [0.29, 0.717) is 24.0 Å². The Hall–Kier alpha value is -2.62. The summed E-state index contributed by atoms with van der Waals surface area (Å²) in [6.45, 7) is 2.35. The molecule has 106 valence electrons. The Morgan fingerprint density at radius 1 is 1.05 bits per heavy atom. The molecule has 4 heteroatoms. The highest BCUT2D eigenvalue weighted by atomic mass is 19.1. The van der Waals surface area contributed by atoms with Crippen LogP contribution in [-0.4, -0.2) is 11.6 Å². The van der Waals surface area contributed by atoms with Crippen LogP contribution in [0, 0.1) is 5.82 Å². The average molecular weight is 283 g/mol. The number of hydrogen-bond acceptors (Lipinski definition) is 3. The van der Waals surface area contributed by atoms with Crippen LogP contribution >= 0.6 is 0 Å². The predicted molar refractivity (Wildman–Crippen MR) is 79.4 cm³/mol. The molecule has 1 aromatic heterocycles. The molecule has 0 amide bonds. The van der Waals surface area contributed by atoms with Gasteiger partial charge in [-0.2, -0.15) is 0 Å². The molecule has 0 spiro atoms. The SMILES string of the molecule is CCOc1nc2ccccc2cc1Oc1cccc(F)c1. The monoisotopic (exact) mass is 283 g/mol. The van der Waals surface area contributed by atoms with Gasteiger partial charge in [-0.05, 0) is 31.2 Å². The van der Waals surface area contributed by atoms with Crippen molar-refractivity contribution in [2.45, 2.75) is 6.92 Å². The molecule has 0 fully saturated rings. The molecule has 0 atom stereocenters. The lowest BCUT2D eigenvalue weighted by Gasteiger charge is -2.12. The fourth-order valence-electron chi connectivity index (χ4n) is 2.05. The van der Waals surface area contributed by atoms with Crippen molar-refractivity contribution < 1.29 is 13.9 Å². The van der Waals surface area contributed by atoms with Crippen LogP contribution < -0.4 is 9.47 Å². The first-order chi connectivity index (χ1) is 10.3.